The van der Waals surface area contributed by atoms with E-state index in [0.29, 0.717) is 5.95 Å². The van der Waals surface area contributed by atoms with Gasteiger partial charge in [-0.15, -0.1) is 0 Å². The number of benzene rings is 9. The van der Waals surface area contributed by atoms with Crippen LogP contribution in [0, 0.1) is 0 Å². The van der Waals surface area contributed by atoms with Crippen LogP contribution in [0.1, 0.15) is 11.1 Å². The molecule has 58 heavy (non-hydrogen) atoms. The van der Waals surface area contributed by atoms with Crippen molar-refractivity contribution < 1.29 is 0 Å². The van der Waals surface area contributed by atoms with Crippen LogP contribution in [0.3, 0.4) is 0 Å². The average molecular weight is 738 g/mol. The summed E-state index contributed by atoms with van der Waals surface area (Å²) in [5.41, 5.74) is 16.3. The van der Waals surface area contributed by atoms with Gasteiger partial charge in [0, 0.05) is 27.3 Å². The van der Waals surface area contributed by atoms with Crippen molar-refractivity contribution in [2.24, 2.45) is 0 Å². The van der Waals surface area contributed by atoms with E-state index < -0.39 is 0 Å². The zero-order valence-corrected chi connectivity index (χ0v) is 31.6. The first kappa shape index (κ1) is 32.6. The molecule has 1 aliphatic carbocycles. The quantitative estimate of drug-likeness (QED) is 0.165. The van der Waals surface area contributed by atoms with Gasteiger partial charge in [-0.05, 0) is 85.3 Å². The topological polar surface area (TPSA) is 30.7 Å². The highest BCUT2D eigenvalue weighted by Gasteiger charge is 2.28. The summed E-state index contributed by atoms with van der Waals surface area (Å²) in [5, 5.41) is 7.37. The molecule has 0 saturated heterocycles. The fraction of sp³-hybridized carbons (Fsp3) is 0.0182. The Hall–Kier alpha value is -7.62. The fourth-order valence-electron chi connectivity index (χ4n) is 9.35. The van der Waals surface area contributed by atoms with E-state index in [1.807, 2.05) is 0 Å². The van der Waals surface area contributed by atoms with E-state index in [1.165, 1.54) is 76.8 Å². The lowest BCUT2D eigenvalue weighted by atomic mass is 9.92. The van der Waals surface area contributed by atoms with Crippen LogP contribution in [0.25, 0.3) is 105 Å². The van der Waals surface area contributed by atoms with Gasteiger partial charge in [-0.25, -0.2) is 9.97 Å². The lowest BCUT2D eigenvalue weighted by Crippen LogP contribution is -2.04. The van der Waals surface area contributed by atoms with Crippen molar-refractivity contribution in [3.8, 4) is 61.8 Å². The lowest BCUT2D eigenvalue weighted by molar-refractivity contribution is 0.998. The van der Waals surface area contributed by atoms with Gasteiger partial charge < -0.3 is 0 Å². The third-order valence-corrected chi connectivity index (χ3v) is 12.0. The molecule has 3 nitrogen and oxygen atoms in total. The van der Waals surface area contributed by atoms with Gasteiger partial charge >= 0.3 is 0 Å². The van der Waals surface area contributed by atoms with Crippen LogP contribution >= 0.6 is 0 Å². The molecule has 0 radical (unpaired) electrons. The van der Waals surface area contributed by atoms with Crippen molar-refractivity contribution >= 4 is 43.4 Å². The van der Waals surface area contributed by atoms with Crippen molar-refractivity contribution in [3.05, 3.63) is 211 Å². The summed E-state index contributed by atoms with van der Waals surface area (Å²) in [6.07, 6.45) is 0.893. The van der Waals surface area contributed by atoms with Gasteiger partial charge in [0.1, 0.15) is 0 Å². The van der Waals surface area contributed by atoms with Crippen LogP contribution in [0.5, 0.6) is 0 Å². The molecular weight excluding hydrogens is 703 g/mol. The Morgan fingerprint density at radius 1 is 0.362 bits per heavy atom. The molecule has 0 fully saturated rings. The second kappa shape index (κ2) is 13.0. The summed E-state index contributed by atoms with van der Waals surface area (Å²) in [5.74, 6) is 0.658. The molecule has 0 aliphatic heterocycles. The zero-order valence-electron chi connectivity index (χ0n) is 31.6. The van der Waals surface area contributed by atoms with Crippen LogP contribution < -0.4 is 0 Å². The normalized spacial score (nSPS) is 12.1. The predicted octanol–water partition coefficient (Wildman–Crippen LogP) is 14.1. The molecule has 270 valence electrons. The SMILES string of the molecule is c1ccc(-c2ccc(-c3ccc4c(c3)-c3c(ccc5c3c3c6ccccc6c6ccccc6c3n5-c3nc(-c5ccccc5)cc(-c5ccccc5)n3)C4)cc2)cc1. The zero-order chi connectivity index (χ0) is 38.2. The van der Waals surface area contributed by atoms with E-state index in [-0.39, 0.29) is 0 Å². The van der Waals surface area contributed by atoms with E-state index >= 15 is 0 Å². The van der Waals surface area contributed by atoms with Crippen LogP contribution in [0.2, 0.25) is 0 Å². The maximum absolute atomic E-state index is 5.43. The largest absolute Gasteiger partial charge is 0.277 e. The van der Waals surface area contributed by atoms with E-state index in [0.717, 1.165) is 40.0 Å². The highest BCUT2D eigenvalue weighted by atomic mass is 15.2. The molecule has 2 heterocycles. The number of fused-ring (bicyclic) bond motifs is 12. The molecule has 2 aromatic heterocycles. The van der Waals surface area contributed by atoms with E-state index in [4.69, 9.17) is 9.97 Å². The number of aromatic nitrogens is 3. The Kier molecular flexibility index (Phi) is 7.29. The van der Waals surface area contributed by atoms with Crippen LogP contribution in [-0.2, 0) is 6.42 Å². The molecule has 0 unspecified atom stereocenters. The van der Waals surface area contributed by atoms with Gasteiger partial charge in [0.25, 0.3) is 0 Å². The molecular formula is C55H35N3. The van der Waals surface area contributed by atoms with Crippen molar-refractivity contribution in [2.75, 3.05) is 0 Å². The molecule has 12 rings (SSSR count). The predicted molar refractivity (Wildman–Crippen MR) is 241 cm³/mol. The summed E-state index contributed by atoms with van der Waals surface area (Å²) >= 11 is 0. The molecule has 3 heteroatoms. The number of nitrogens with zero attached hydrogens (tertiary/aromatic N) is 3. The van der Waals surface area contributed by atoms with Crippen LogP contribution in [0.4, 0.5) is 0 Å². The van der Waals surface area contributed by atoms with Gasteiger partial charge in [0.15, 0.2) is 0 Å². The molecule has 9 aromatic carbocycles. The summed E-state index contributed by atoms with van der Waals surface area (Å²) in [6.45, 7) is 0. The maximum Gasteiger partial charge on any atom is 0.235 e. The third kappa shape index (κ3) is 5.07. The Balaban J connectivity index is 1.17. The molecule has 0 saturated carbocycles. The fourth-order valence-corrected chi connectivity index (χ4v) is 9.35. The second-order valence-corrected chi connectivity index (χ2v) is 15.3. The Morgan fingerprint density at radius 2 is 0.845 bits per heavy atom. The van der Waals surface area contributed by atoms with Gasteiger partial charge in [-0.2, -0.15) is 0 Å². The van der Waals surface area contributed by atoms with Crippen LogP contribution in [-0.4, -0.2) is 14.5 Å². The first-order chi connectivity index (χ1) is 28.8. The first-order valence-corrected chi connectivity index (χ1v) is 20.0. The summed E-state index contributed by atoms with van der Waals surface area (Å²) < 4.78 is 2.35. The summed E-state index contributed by atoms with van der Waals surface area (Å²) in [6, 6.07) is 72.1. The highest BCUT2D eigenvalue weighted by Crippen LogP contribution is 2.50. The smallest absolute Gasteiger partial charge is 0.235 e. The molecule has 0 bridgehead atoms. The van der Waals surface area contributed by atoms with Crippen molar-refractivity contribution in [2.45, 2.75) is 6.42 Å². The van der Waals surface area contributed by atoms with Crippen molar-refractivity contribution in [1.82, 2.24) is 14.5 Å². The minimum absolute atomic E-state index is 0.658. The van der Waals surface area contributed by atoms with Gasteiger partial charge in [0.2, 0.25) is 5.95 Å². The van der Waals surface area contributed by atoms with Gasteiger partial charge in [-0.1, -0.05) is 182 Å². The van der Waals surface area contributed by atoms with Gasteiger partial charge in [0.05, 0.1) is 22.4 Å². The second-order valence-electron chi connectivity index (χ2n) is 15.3. The van der Waals surface area contributed by atoms with Crippen LogP contribution in [0.15, 0.2) is 200 Å². The van der Waals surface area contributed by atoms with E-state index in [1.54, 1.807) is 0 Å². The lowest BCUT2D eigenvalue weighted by Gasteiger charge is -2.13. The van der Waals surface area contributed by atoms with E-state index in [2.05, 4.69) is 205 Å². The summed E-state index contributed by atoms with van der Waals surface area (Å²) in [7, 11) is 0. The minimum atomic E-state index is 0.658. The van der Waals surface area contributed by atoms with E-state index in [9.17, 15) is 0 Å². The molecule has 11 aromatic rings. The Morgan fingerprint density at radius 3 is 1.48 bits per heavy atom. The Labute approximate surface area is 336 Å². The summed E-state index contributed by atoms with van der Waals surface area (Å²) in [4.78, 5) is 10.9. The molecule has 1 aliphatic rings. The molecule has 0 N–H and O–H groups in total. The number of hydrogen-bond acceptors (Lipinski definition) is 2. The monoisotopic (exact) mass is 737 g/mol. The first-order valence-electron chi connectivity index (χ1n) is 20.0. The molecule has 0 amide bonds. The number of rotatable bonds is 5. The molecule has 0 atom stereocenters. The van der Waals surface area contributed by atoms with Crippen molar-refractivity contribution in [1.29, 1.82) is 0 Å². The maximum atomic E-state index is 5.43. The van der Waals surface area contributed by atoms with Gasteiger partial charge in [-0.3, -0.25) is 4.57 Å². The molecule has 0 spiro atoms. The Bertz CT molecular complexity index is 3330. The number of hydrogen-bond donors (Lipinski definition) is 0. The average Bonchev–Trinajstić information content (AvgIpc) is 3.86. The minimum Gasteiger partial charge on any atom is -0.277 e. The third-order valence-electron chi connectivity index (χ3n) is 12.0. The highest BCUT2D eigenvalue weighted by molar-refractivity contribution is 6.34. The van der Waals surface area contributed by atoms with Crippen molar-refractivity contribution in [3.63, 3.8) is 0 Å². The standard InChI is InChI=1S/C55H35N3/c1-4-14-35(15-5-1)36-24-26-37(27-25-36)40-28-29-41-32-42-30-31-50-53(51(42)47(41)33-40)52-45-22-12-10-20-43(45)44-21-11-13-23-46(44)54(52)58(50)55-56-48(38-16-6-2-7-17-38)34-49(57-55)39-18-8-3-9-19-39/h1-31,33-34H,32H2.